The van der Waals surface area contributed by atoms with Crippen LogP contribution in [0.3, 0.4) is 0 Å². The van der Waals surface area contributed by atoms with Crippen LogP contribution in [-0.2, 0) is 22.2 Å². The smallest absolute Gasteiger partial charge is 0.293 e. The van der Waals surface area contributed by atoms with Gasteiger partial charge in [0.05, 0.1) is 21.8 Å². The highest BCUT2D eigenvalue weighted by Gasteiger charge is 2.47. The summed E-state index contributed by atoms with van der Waals surface area (Å²) in [6, 6.07) is 6.08. The number of carbonyl (C=O) groups is 1. The minimum Gasteiger partial charge on any atom is -0.359 e. The van der Waals surface area contributed by atoms with Gasteiger partial charge in [0.25, 0.3) is 5.91 Å². The monoisotopic (exact) mass is 373 g/mol. The van der Waals surface area contributed by atoms with Crippen LogP contribution in [0, 0.1) is 17.3 Å². The molecule has 5 nitrogen and oxygen atoms in total. The van der Waals surface area contributed by atoms with E-state index in [1.807, 2.05) is 32.9 Å². The number of nitrogens with two attached hydrogens (primary N) is 1. The maximum absolute atomic E-state index is 12.9. The average molecular weight is 374 g/mol. The number of piperidine rings is 1. The third-order valence-corrected chi connectivity index (χ3v) is 6.88. The molecule has 1 fully saturated rings. The molecule has 0 saturated carbocycles. The molecule has 1 aromatic rings. The fourth-order valence-electron chi connectivity index (χ4n) is 3.91. The number of hydrogen-bond acceptors (Lipinski definition) is 3. The number of rotatable bonds is 2. The lowest BCUT2D eigenvalue weighted by Crippen LogP contribution is -2.46. The first-order valence-corrected chi connectivity index (χ1v) is 10.2. The maximum Gasteiger partial charge on any atom is 0.293 e. The number of carbonyl (C=O) groups excluding carboxylic acids is 1. The van der Waals surface area contributed by atoms with Crippen molar-refractivity contribution in [3.05, 3.63) is 34.9 Å². The first-order valence-electron chi connectivity index (χ1n) is 9.04. The Morgan fingerprint density at radius 3 is 2.65 bits per heavy atom. The molecule has 0 radical (unpaired) electrons. The van der Waals surface area contributed by atoms with Crippen LogP contribution >= 0.6 is 0 Å². The number of hydrogen-bond donors (Lipinski definition) is 3. The number of benzene rings is 1. The van der Waals surface area contributed by atoms with E-state index in [2.05, 4.69) is 27.9 Å². The molecule has 2 aliphatic rings. The Morgan fingerprint density at radius 2 is 2.04 bits per heavy atom. The standard InChI is InChI=1S/C20H27N3O2S/c1-19(2,3)26(25)23-18-16-12-14(5-7-17(21)24)4-6-15(16)13-20(18)8-10-22-11-9-20/h4,6,12,18,22-23H,8-11,13H2,1-3H3,(H2,21,24)/t18-,26-/m1/s1. The quantitative estimate of drug-likeness (QED) is 0.688. The first-order chi connectivity index (χ1) is 12.2. The van der Waals surface area contributed by atoms with Crippen LogP contribution in [0.2, 0.25) is 0 Å². The summed E-state index contributed by atoms with van der Waals surface area (Å²) >= 11 is 0. The zero-order valence-electron chi connectivity index (χ0n) is 15.6. The summed E-state index contributed by atoms with van der Waals surface area (Å²) < 4.78 is 16.0. The van der Waals surface area contributed by atoms with Gasteiger partial charge in [-0.25, -0.2) is 8.93 Å². The molecule has 1 aliphatic carbocycles. The fourth-order valence-corrected chi connectivity index (χ4v) is 4.85. The second kappa shape index (κ2) is 7.15. The molecule has 1 saturated heterocycles. The van der Waals surface area contributed by atoms with Gasteiger partial charge in [0.1, 0.15) is 0 Å². The van der Waals surface area contributed by atoms with Gasteiger partial charge in [-0.1, -0.05) is 12.0 Å². The van der Waals surface area contributed by atoms with E-state index >= 15 is 0 Å². The van der Waals surface area contributed by atoms with Crippen molar-refractivity contribution < 1.29 is 9.00 Å². The summed E-state index contributed by atoms with van der Waals surface area (Å²) in [5.41, 5.74) is 8.40. The summed E-state index contributed by atoms with van der Waals surface area (Å²) in [5, 5.41) is 3.43. The molecule has 1 spiro atoms. The molecule has 1 aromatic carbocycles. The van der Waals surface area contributed by atoms with Crippen molar-refractivity contribution in [2.24, 2.45) is 11.1 Å². The molecule has 0 bridgehead atoms. The van der Waals surface area contributed by atoms with Crippen LogP contribution in [0.4, 0.5) is 0 Å². The average Bonchev–Trinajstić information content (AvgIpc) is 2.85. The van der Waals surface area contributed by atoms with E-state index in [0.717, 1.165) is 43.5 Å². The van der Waals surface area contributed by atoms with Gasteiger partial charge in [-0.2, -0.15) is 0 Å². The molecule has 26 heavy (non-hydrogen) atoms. The van der Waals surface area contributed by atoms with Crippen molar-refractivity contribution in [3.8, 4) is 11.8 Å². The van der Waals surface area contributed by atoms with E-state index in [1.165, 1.54) is 5.56 Å². The van der Waals surface area contributed by atoms with E-state index in [1.54, 1.807) is 0 Å². The van der Waals surface area contributed by atoms with E-state index in [9.17, 15) is 9.00 Å². The molecule has 1 aliphatic heterocycles. The van der Waals surface area contributed by atoms with Crippen LogP contribution in [0.15, 0.2) is 18.2 Å². The molecular formula is C20H27N3O2S. The normalized spacial score (nSPS) is 22.3. The van der Waals surface area contributed by atoms with Crippen molar-refractivity contribution in [2.75, 3.05) is 13.1 Å². The van der Waals surface area contributed by atoms with Crippen LogP contribution in [-0.4, -0.2) is 28.0 Å². The minimum atomic E-state index is -1.16. The zero-order chi connectivity index (χ0) is 18.9. The Balaban J connectivity index is 1.99. The van der Waals surface area contributed by atoms with Crippen molar-refractivity contribution in [1.29, 1.82) is 0 Å². The lowest BCUT2D eigenvalue weighted by Gasteiger charge is -2.40. The molecule has 1 heterocycles. The van der Waals surface area contributed by atoms with Crippen molar-refractivity contribution in [3.63, 3.8) is 0 Å². The summed E-state index contributed by atoms with van der Waals surface area (Å²) in [7, 11) is -1.16. The predicted molar refractivity (Wildman–Crippen MR) is 105 cm³/mol. The SMILES string of the molecule is CC(C)(C)[S@@](=O)N[C@@H]1c2cc(C#CC(N)=O)ccc2CC12CCNCC2. The van der Waals surface area contributed by atoms with E-state index < -0.39 is 16.9 Å². The Morgan fingerprint density at radius 1 is 1.35 bits per heavy atom. The zero-order valence-corrected chi connectivity index (χ0v) is 16.5. The Hall–Kier alpha value is -1.68. The highest BCUT2D eigenvalue weighted by Crippen LogP contribution is 2.51. The largest absolute Gasteiger partial charge is 0.359 e. The number of nitrogens with one attached hydrogen (secondary N) is 2. The molecule has 2 atom stereocenters. The molecule has 4 N–H and O–H groups in total. The van der Waals surface area contributed by atoms with Crippen LogP contribution in [0.5, 0.6) is 0 Å². The van der Waals surface area contributed by atoms with Crippen molar-refractivity contribution >= 4 is 16.9 Å². The van der Waals surface area contributed by atoms with Gasteiger partial charge in [0.2, 0.25) is 0 Å². The molecular weight excluding hydrogens is 346 g/mol. The second-order valence-corrected chi connectivity index (χ2v) is 10.2. The van der Waals surface area contributed by atoms with E-state index in [0.29, 0.717) is 0 Å². The van der Waals surface area contributed by atoms with E-state index in [4.69, 9.17) is 5.73 Å². The number of fused-ring (bicyclic) bond motifs is 1. The van der Waals surface area contributed by atoms with Gasteiger partial charge in [0.15, 0.2) is 0 Å². The topological polar surface area (TPSA) is 84.2 Å². The fraction of sp³-hybridized carbons (Fsp3) is 0.550. The van der Waals surface area contributed by atoms with Gasteiger partial charge in [-0.3, -0.25) is 4.79 Å². The van der Waals surface area contributed by atoms with Gasteiger partial charge in [-0.05, 0) is 87.7 Å². The Bertz CT molecular complexity index is 795. The summed E-state index contributed by atoms with van der Waals surface area (Å²) in [6.07, 6.45) is 3.07. The van der Waals surface area contributed by atoms with Gasteiger partial charge in [-0.15, -0.1) is 0 Å². The van der Waals surface area contributed by atoms with Crippen molar-refractivity contribution in [1.82, 2.24) is 10.0 Å². The highest BCUT2D eigenvalue weighted by atomic mass is 32.2. The summed E-state index contributed by atoms with van der Waals surface area (Å²) in [4.78, 5) is 11.0. The van der Waals surface area contributed by atoms with Crippen LogP contribution < -0.4 is 15.8 Å². The van der Waals surface area contributed by atoms with Crippen LogP contribution in [0.1, 0.15) is 56.3 Å². The summed E-state index contributed by atoms with van der Waals surface area (Å²) in [5.74, 6) is 4.60. The van der Waals surface area contributed by atoms with Crippen LogP contribution in [0.25, 0.3) is 0 Å². The summed E-state index contributed by atoms with van der Waals surface area (Å²) in [6.45, 7) is 7.90. The molecule has 140 valence electrons. The predicted octanol–water partition coefficient (Wildman–Crippen LogP) is 1.54. The minimum absolute atomic E-state index is 0.0231. The highest BCUT2D eigenvalue weighted by molar-refractivity contribution is 7.84. The second-order valence-electron chi connectivity index (χ2n) is 8.25. The van der Waals surface area contributed by atoms with E-state index in [-0.39, 0.29) is 16.2 Å². The maximum atomic E-state index is 12.9. The molecule has 0 aromatic heterocycles. The molecule has 0 unspecified atom stereocenters. The lowest BCUT2D eigenvalue weighted by atomic mass is 9.73. The first kappa shape index (κ1) is 19.1. The number of primary amides is 1. The van der Waals surface area contributed by atoms with Gasteiger partial charge >= 0.3 is 0 Å². The third kappa shape index (κ3) is 3.85. The van der Waals surface area contributed by atoms with Gasteiger partial charge < -0.3 is 11.1 Å². The molecule has 6 heteroatoms. The third-order valence-electron chi connectivity index (χ3n) is 5.32. The Kier molecular flexibility index (Phi) is 5.25. The molecule has 1 amide bonds. The van der Waals surface area contributed by atoms with Crippen molar-refractivity contribution in [2.45, 2.75) is 50.8 Å². The van der Waals surface area contributed by atoms with Gasteiger partial charge in [0, 0.05) is 5.56 Å². The number of amides is 1. The Labute approximate surface area is 158 Å². The molecule has 3 rings (SSSR count). The lowest BCUT2D eigenvalue weighted by molar-refractivity contribution is -0.112.